The van der Waals surface area contributed by atoms with E-state index in [0.717, 1.165) is 54.1 Å². The SMILES string of the molecule is CNCC(CC(=O)OC=O)N1CCC(n2nc(-c3ccc(Oc4ccccc4)cc3)c3c(N)ncnc32)CC1. The molecule has 0 radical (unpaired) electrons. The summed E-state index contributed by atoms with van der Waals surface area (Å²) in [6, 6.07) is 17.4. The van der Waals surface area contributed by atoms with Crippen LogP contribution in [0.15, 0.2) is 60.9 Å². The number of nitrogens with zero attached hydrogens (tertiary/aromatic N) is 5. The Kier molecular flexibility index (Phi) is 8.09. The van der Waals surface area contributed by atoms with Crippen molar-refractivity contribution >= 4 is 29.3 Å². The summed E-state index contributed by atoms with van der Waals surface area (Å²) in [5.74, 6) is 1.34. The largest absolute Gasteiger partial charge is 0.457 e. The van der Waals surface area contributed by atoms with E-state index < -0.39 is 5.97 Å². The zero-order chi connectivity index (χ0) is 27.2. The molecule has 3 N–H and O–H groups in total. The van der Waals surface area contributed by atoms with E-state index in [4.69, 9.17) is 15.6 Å². The number of carbonyl (C=O) groups excluding carboxylic acids is 2. The van der Waals surface area contributed by atoms with Crippen LogP contribution in [-0.4, -0.2) is 69.8 Å². The lowest BCUT2D eigenvalue weighted by Crippen LogP contribution is -2.47. The van der Waals surface area contributed by atoms with Crippen molar-refractivity contribution in [3.8, 4) is 22.8 Å². The van der Waals surface area contributed by atoms with Gasteiger partial charge < -0.3 is 20.5 Å². The Hall–Kier alpha value is -4.35. The number of nitrogen functional groups attached to an aromatic ring is 1. The Morgan fingerprint density at radius 3 is 2.51 bits per heavy atom. The molecule has 11 nitrogen and oxygen atoms in total. The van der Waals surface area contributed by atoms with Crippen LogP contribution in [0.3, 0.4) is 0 Å². The lowest BCUT2D eigenvalue weighted by Gasteiger charge is -2.37. The molecule has 1 atom stereocenters. The molecule has 0 saturated carbocycles. The summed E-state index contributed by atoms with van der Waals surface area (Å²) in [6.07, 6.45) is 3.24. The minimum Gasteiger partial charge on any atom is -0.457 e. The molecule has 2 aromatic heterocycles. The second-order valence-corrected chi connectivity index (χ2v) is 9.46. The Labute approximate surface area is 225 Å². The highest BCUT2D eigenvalue weighted by Crippen LogP contribution is 2.35. The van der Waals surface area contributed by atoms with Gasteiger partial charge in [-0.15, -0.1) is 0 Å². The molecule has 0 spiro atoms. The molecular formula is C28H31N7O4. The molecule has 1 aliphatic heterocycles. The number of likely N-dealkylation sites (tertiary alicyclic amines) is 1. The standard InChI is InChI=1S/C28H31N7O4/c1-30-16-21(15-24(37)38-18-36)34-13-11-20(12-14-34)35-28-25(27(29)31-17-32-28)26(33-35)19-7-9-23(10-8-19)39-22-5-3-2-4-6-22/h2-10,17-18,20-21,30H,11-16H2,1H3,(H2,29,31,32). The third kappa shape index (κ3) is 5.89. The van der Waals surface area contributed by atoms with Crippen LogP contribution >= 0.6 is 0 Å². The molecule has 39 heavy (non-hydrogen) atoms. The van der Waals surface area contributed by atoms with Crippen LogP contribution in [-0.2, 0) is 14.3 Å². The summed E-state index contributed by atoms with van der Waals surface area (Å²) >= 11 is 0. The molecule has 1 saturated heterocycles. The van der Waals surface area contributed by atoms with Gasteiger partial charge >= 0.3 is 12.4 Å². The van der Waals surface area contributed by atoms with Crippen LogP contribution in [0.1, 0.15) is 25.3 Å². The molecule has 5 rings (SSSR count). The molecule has 4 aromatic rings. The van der Waals surface area contributed by atoms with Gasteiger partial charge in [-0.3, -0.25) is 14.5 Å². The predicted octanol–water partition coefficient (Wildman–Crippen LogP) is 3.18. The first-order valence-corrected chi connectivity index (χ1v) is 12.9. The average Bonchev–Trinajstić information content (AvgIpc) is 3.35. The van der Waals surface area contributed by atoms with Crippen molar-refractivity contribution < 1.29 is 19.1 Å². The smallest absolute Gasteiger partial charge is 0.314 e. The summed E-state index contributed by atoms with van der Waals surface area (Å²) in [5.41, 5.74) is 8.63. The first-order chi connectivity index (χ1) is 19.1. The first kappa shape index (κ1) is 26.3. The van der Waals surface area contributed by atoms with Gasteiger partial charge in [-0.05, 0) is 56.3 Å². The van der Waals surface area contributed by atoms with E-state index in [2.05, 4.69) is 24.9 Å². The van der Waals surface area contributed by atoms with Gasteiger partial charge in [0.05, 0.1) is 17.8 Å². The van der Waals surface area contributed by atoms with Crippen molar-refractivity contribution in [2.24, 2.45) is 0 Å². The van der Waals surface area contributed by atoms with Crippen molar-refractivity contribution in [2.45, 2.75) is 31.3 Å². The number of hydrogen-bond donors (Lipinski definition) is 2. The van der Waals surface area contributed by atoms with E-state index in [0.29, 0.717) is 18.0 Å². The van der Waals surface area contributed by atoms with Crippen LogP contribution in [0.25, 0.3) is 22.3 Å². The predicted molar refractivity (Wildman–Crippen MR) is 146 cm³/mol. The maximum absolute atomic E-state index is 11.9. The minimum atomic E-state index is -0.526. The number of para-hydroxylation sites is 1. The fourth-order valence-corrected chi connectivity index (χ4v) is 5.11. The number of likely N-dealkylation sites (N-methyl/N-ethyl adjacent to an activating group) is 1. The highest BCUT2D eigenvalue weighted by Gasteiger charge is 2.30. The molecular weight excluding hydrogens is 498 g/mol. The van der Waals surface area contributed by atoms with Gasteiger partial charge in [0.25, 0.3) is 0 Å². The van der Waals surface area contributed by atoms with Gasteiger partial charge in [0.1, 0.15) is 29.3 Å². The van der Waals surface area contributed by atoms with Crippen molar-refractivity contribution in [1.82, 2.24) is 30.0 Å². The van der Waals surface area contributed by atoms with E-state index in [1.165, 1.54) is 6.33 Å². The minimum absolute atomic E-state index is 0.0667. The zero-order valence-electron chi connectivity index (χ0n) is 21.7. The zero-order valence-corrected chi connectivity index (χ0v) is 21.7. The second-order valence-electron chi connectivity index (χ2n) is 9.46. The normalized spacial score (nSPS) is 15.2. The van der Waals surface area contributed by atoms with Crippen LogP contribution < -0.4 is 15.8 Å². The number of carbonyl (C=O) groups is 2. The molecule has 1 aliphatic rings. The molecule has 1 unspecified atom stereocenters. The summed E-state index contributed by atoms with van der Waals surface area (Å²) in [5, 5.41) is 8.84. The van der Waals surface area contributed by atoms with Crippen molar-refractivity contribution in [2.75, 3.05) is 32.4 Å². The van der Waals surface area contributed by atoms with Gasteiger partial charge in [0, 0.05) is 31.2 Å². The van der Waals surface area contributed by atoms with Gasteiger partial charge in [-0.1, -0.05) is 18.2 Å². The van der Waals surface area contributed by atoms with E-state index >= 15 is 0 Å². The number of aromatic nitrogens is 4. The summed E-state index contributed by atoms with van der Waals surface area (Å²) < 4.78 is 12.4. The number of nitrogens with two attached hydrogens (primary N) is 1. The number of benzene rings is 2. The topological polar surface area (TPSA) is 137 Å². The number of piperidine rings is 1. The quantitative estimate of drug-likeness (QED) is 0.179. The van der Waals surface area contributed by atoms with Crippen LogP contribution in [0.5, 0.6) is 11.5 Å². The van der Waals surface area contributed by atoms with Gasteiger partial charge in [-0.2, -0.15) is 5.10 Å². The number of esters is 1. The number of hydrogen-bond acceptors (Lipinski definition) is 10. The third-order valence-electron chi connectivity index (χ3n) is 7.01. The molecule has 1 fully saturated rings. The van der Waals surface area contributed by atoms with Crippen LogP contribution in [0.4, 0.5) is 5.82 Å². The van der Waals surface area contributed by atoms with Crippen LogP contribution in [0.2, 0.25) is 0 Å². The fraction of sp³-hybridized carbons (Fsp3) is 0.321. The molecule has 0 bridgehead atoms. The maximum atomic E-state index is 11.9. The number of fused-ring (bicyclic) bond motifs is 1. The summed E-state index contributed by atoms with van der Waals surface area (Å²) in [6.45, 7) is 2.31. The van der Waals surface area contributed by atoms with E-state index in [1.54, 1.807) is 0 Å². The Balaban J connectivity index is 1.36. The molecule has 2 aromatic carbocycles. The van der Waals surface area contributed by atoms with Crippen molar-refractivity contribution in [3.63, 3.8) is 0 Å². The van der Waals surface area contributed by atoms with Gasteiger partial charge in [0.2, 0.25) is 0 Å². The van der Waals surface area contributed by atoms with Gasteiger partial charge in [-0.25, -0.2) is 14.6 Å². The highest BCUT2D eigenvalue weighted by molar-refractivity contribution is 5.98. The lowest BCUT2D eigenvalue weighted by atomic mass is 10.0. The fourth-order valence-electron chi connectivity index (χ4n) is 5.11. The molecule has 0 aliphatic carbocycles. The summed E-state index contributed by atoms with van der Waals surface area (Å²) in [7, 11) is 1.84. The van der Waals surface area contributed by atoms with Crippen molar-refractivity contribution in [3.05, 3.63) is 60.9 Å². The molecule has 202 valence electrons. The van der Waals surface area contributed by atoms with Crippen molar-refractivity contribution in [1.29, 1.82) is 0 Å². The highest BCUT2D eigenvalue weighted by atomic mass is 16.6. The summed E-state index contributed by atoms with van der Waals surface area (Å²) in [4.78, 5) is 33.5. The number of rotatable bonds is 10. The Morgan fingerprint density at radius 2 is 1.82 bits per heavy atom. The lowest BCUT2D eigenvalue weighted by molar-refractivity contribution is -0.152. The van der Waals surface area contributed by atoms with E-state index in [-0.39, 0.29) is 25.0 Å². The van der Waals surface area contributed by atoms with E-state index in [9.17, 15) is 9.59 Å². The Morgan fingerprint density at radius 1 is 1.10 bits per heavy atom. The maximum Gasteiger partial charge on any atom is 0.314 e. The molecule has 3 heterocycles. The number of anilines is 1. The average molecular weight is 530 g/mol. The van der Waals surface area contributed by atoms with Crippen LogP contribution in [0, 0.1) is 0 Å². The number of nitrogens with one attached hydrogen (secondary N) is 1. The molecule has 11 heteroatoms. The van der Waals surface area contributed by atoms with Gasteiger partial charge in [0.15, 0.2) is 5.65 Å². The van der Waals surface area contributed by atoms with E-state index in [1.807, 2.05) is 66.3 Å². The third-order valence-corrected chi connectivity index (χ3v) is 7.01. The molecule has 0 amide bonds. The second kappa shape index (κ2) is 12.0. The first-order valence-electron chi connectivity index (χ1n) is 12.9. The monoisotopic (exact) mass is 529 g/mol. The number of ether oxygens (including phenoxy) is 2. The Bertz CT molecular complexity index is 1420.